The van der Waals surface area contributed by atoms with Gasteiger partial charge < -0.3 is 18.9 Å². The summed E-state index contributed by atoms with van der Waals surface area (Å²) in [6, 6.07) is 1.73. The lowest BCUT2D eigenvalue weighted by Crippen LogP contribution is -2.40. The van der Waals surface area contributed by atoms with Crippen LogP contribution in [0.4, 0.5) is 0 Å². The lowest BCUT2D eigenvalue weighted by Gasteiger charge is -2.23. The van der Waals surface area contributed by atoms with Crippen LogP contribution in [0.1, 0.15) is 33.9 Å². The van der Waals surface area contributed by atoms with Gasteiger partial charge in [-0.25, -0.2) is 0 Å². The van der Waals surface area contributed by atoms with Gasteiger partial charge in [0.05, 0.1) is 5.41 Å². The zero-order chi connectivity index (χ0) is 18.4. The third-order valence-corrected chi connectivity index (χ3v) is 3.92. The minimum absolute atomic E-state index is 0.0513. The molecule has 1 fully saturated rings. The molecule has 0 radical (unpaired) electrons. The molecule has 2 aliphatic rings. The summed E-state index contributed by atoms with van der Waals surface area (Å²) < 4.78 is 23.9. The van der Waals surface area contributed by atoms with Crippen molar-refractivity contribution in [2.45, 2.75) is 52.2 Å². The summed E-state index contributed by atoms with van der Waals surface area (Å²) in [7, 11) is 0. The molecule has 1 aromatic heterocycles. The maximum atomic E-state index is 12.0. The van der Waals surface area contributed by atoms with Crippen molar-refractivity contribution in [1.82, 2.24) is 9.55 Å². The summed E-state index contributed by atoms with van der Waals surface area (Å²) in [6.45, 7) is 6.50. The SMILES string of the molecule is CC(=O)O[C@H]1[C@@H]2Oc3nc(=N)ccn3[C@@H]2O[C@@H]1COC(=O)C(C)(C)C. The quantitative estimate of drug-likeness (QED) is 0.791. The number of hydrogen-bond acceptors (Lipinski definition) is 8. The number of rotatable bonds is 3. The summed E-state index contributed by atoms with van der Waals surface area (Å²) >= 11 is 0. The smallest absolute Gasteiger partial charge is 0.311 e. The Morgan fingerprint density at radius 2 is 2.12 bits per heavy atom. The van der Waals surface area contributed by atoms with E-state index in [4.69, 9.17) is 24.4 Å². The number of ether oxygens (including phenoxy) is 4. The lowest BCUT2D eigenvalue weighted by molar-refractivity contribution is -0.163. The van der Waals surface area contributed by atoms with Crippen LogP contribution < -0.4 is 10.2 Å². The fourth-order valence-corrected chi connectivity index (χ4v) is 2.72. The largest absolute Gasteiger partial charge is 0.462 e. The molecule has 0 unspecified atom stereocenters. The van der Waals surface area contributed by atoms with Crippen molar-refractivity contribution in [3.8, 4) is 6.01 Å². The number of aromatic nitrogens is 2. The molecule has 0 bridgehead atoms. The molecule has 136 valence electrons. The van der Waals surface area contributed by atoms with Gasteiger partial charge in [-0.15, -0.1) is 0 Å². The highest BCUT2D eigenvalue weighted by molar-refractivity contribution is 5.75. The van der Waals surface area contributed by atoms with E-state index in [-0.39, 0.29) is 24.1 Å². The fraction of sp³-hybridized carbons (Fsp3) is 0.625. The second-order valence-corrected chi connectivity index (χ2v) is 7.07. The first-order valence-electron chi connectivity index (χ1n) is 7.97. The van der Waals surface area contributed by atoms with Crippen LogP contribution in [0.5, 0.6) is 6.01 Å². The summed E-state index contributed by atoms with van der Waals surface area (Å²) in [5, 5.41) is 7.56. The van der Waals surface area contributed by atoms with Crippen LogP contribution in [0.3, 0.4) is 0 Å². The molecule has 9 heteroatoms. The molecule has 2 aliphatic heterocycles. The van der Waals surface area contributed by atoms with Gasteiger partial charge in [-0.1, -0.05) is 0 Å². The van der Waals surface area contributed by atoms with Gasteiger partial charge in [-0.2, -0.15) is 4.98 Å². The van der Waals surface area contributed by atoms with Gasteiger partial charge >= 0.3 is 17.9 Å². The zero-order valence-corrected chi connectivity index (χ0v) is 14.5. The average molecular weight is 351 g/mol. The minimum atomic E-state index is -0.744. The van der Waals surface area contributed by atoms with Gasteiger partial charge in [0.15, 0.2) is 23.9 Å². The number of nitrogens with one attached hydrogen (secondary N) is 1. The van der Waals surface area contributed by atoms with Crippen LogP contribution in [-0.4, -0.2) is 46.4 Å². The summed E-state index contributed by atoms with van der Waals surface area (Å²) in [5.41, 5.74) is -0.580. The van der Waals surface area contributed by atoms with E-state index in [0.29, 0.717) is 0 Å². The summed E-state index contributed by atoms with van der Waals surface area (Å²) in [5.74, 6) is -0.857. The molecule has 0 amide bonds. The number of nitrogens with zero attached hydrogens (tertiary/aromatic N) is 2. The standard InChI is InChI=1S/C16H21N3O6/c1-8(20)23-11-9(7-22-14(21)16(2,3)4)24-13-12(11)25-15-18-10(17)5-6-19(13)15/h5-6,9,11-13,17H,7H2,1-4H3/t9-,11-,12+,13-/m1/s1. The van der Waals surface area contributed by atoms with Crippen LogP contribution in [0.15, 0.2) is 12.3 Å². The maximum absolute atomic E-state index is 12.0. The molecule has 1 aromatic rings. The van der Waals surface area contributed by atoms with E-state index in [9.17, 15) is 9.59 Å². The molecule has 0 saturated carbocycles. The average Bonchev–Trinajstić information content (AvgIpc) is 2.99. The Bertz CT molecular complexity index is 753. The first-order chi connectivity index (χ1) is 11.7. The Morgan fingerprint density at radius 3 is 2.76 bits per heavy atom. The van der Waals surface area contributed by atoms with Crippen LogP contribution in [0.25, 0.3) is 0 Å². The van der Waals surface area contributed by atoms with Crippen molar-refractivity contribution in [3.63, 3.8) is 0 Å². The van der Waals surface area contributed by atoms with Gasteiger partial charge in [-0.05, 0) is 26.8 Å². The Kier molecular flexibility index (Phi) is 4.28. The van der Waals surface area contributed by atoms with E-state index in [1.54, 1.807) is 31.5 Å². The van der Waals surface area contributed by atoms with Crippen molar-refractivity contribution in [1.29, 1.82) is 5.41 Å². The Labute approximate surface area is 144 Å². The number of fused-ring (bicyclic) bond motifs is 3. The zero-order valence-electron chi connectivity index (χ0n) is 14.5. The van der Waals surface area contributed by atoms with Gasteiger partial charge in [0.2, 0.25) is 0 Å². The van der Waals surface area contributed by atoms with Crippen LogP contribution in [0.2, 0.25) is 0 Å². The number of carbonyl (C=O) groups excluding carboxylic acids is 2. The predicted molar refractivity (Wildman–Crippen MR) is 82.4 cm³/mol. The van der Waals surface area contributed by atoms with E-state index in [2.05, 4.69) is 4.98 Å². The molecule has 0 aromatic carbocycles. The molecule has 25 heavy (non-hydrogen) atoms. The highest BCUT2D eigenvalue weighted by atomic mass is 16.7. The molecular formula is C16H21N3O6. The minimum Gasteiger partial charge on any atom is -0.462 e. The summed E-state index contributed by atoms with van der Waals surface area (Å²) in [4.78, 5) is 27.4. The van der Waals surface area contributed by atoms with Crippen LogP contribution in [0, 0.1) is 10.8 Å². The second-order valence-electron chi connectivity index (χ2n) is 7.07. The Hall–Kier alpha value is -2.42. The molecule has 3 heterocycles. The Morgan fingerprint density at radius 1 is 1.40 bits per heavy atom. The normalized spacial score (nSPS) is 27.2. The Balaban J connectivity index is 1.78. The van der Waals surface area contributed by atoms with Crippen molar-refractivity contribution >= 4 is 11.9 Å². The van der Waals surface area contributed by atoms with Crippen molar-refractivity contribution in [2.24, 2.45) is 5.41 Å². The van der Waals surface area contributed by atoms with E-state index >= 15 is 0 Å². The first-order valence-corrected chi connectivity index (χ1v) is 7.97. The molecule has 0 aliphatic carbocycles. The lowest BCUT2D eigenvalue weighted by atomic mass is 9.97. The predicted octanol–water partition coefficient (Wildman–Crippen LogP) is 0.542. The van der Waals surface area contributed by atoms with E-state index < -0.39 is 35.9 Å². The highest BCUT2D eigenvalue weighted by Gasteiger charge is 2.54. The number of hydrogen-bond donors (Lipinski definition) is 1. The third kappa shape index (κ3) is 3.37. The monoisotopic (exact) mass is 351 g/mol. The molecule has 9 nitrogen and oxygen atoms in total. The molecule has 0 spiro atoms. The van der Waals surface area contributed by atoms with Crippen molar-refractivity contribution in [2.75, 3.05) is 6.61 Å². The van der Waals surface area contributed by atoms with Crippen molar-refractivity contribution < 1.29 is 28.5 Å². The molecule has 3 rings (SSSR count). The maximum Gasteiger partial charge on any atom is 0.311 e. The molecule has 1 N–H and O–H groups in total. The fourth-order valence-electron chi connectivity index (χ4n) is 2.72. The first kappa shape index (κ1) is 17.4. The molecular weight excluding hydrogens is 330 g/mol. The van der Waals surface area contributed by atoms with Gasteiger partial charge in [0.25, 0.3) is 0 Å². The van der Waals surface area contributed by atoms with Gasteiger partial charge in [0.1, 0.15) is 12.7 Å². The van der Waals surface area contributed by atoms with Crippen LogP contribution in [-0.2, 0) is 23.8 Å². The van der Waals surface area contributed by atoms with E-state index in [1.807, 2.05) is 0 Å². The van der Waals surface area contributed by atoms with Crippen LogP contribution >= 0.6 is 0 Å². The molecule has 4 atom stereocenters. The topological polar surface area (TPSA) is 113 Å². The van der Waals surface area contributed by atoms with Gasteiger partial charge in [-0.3, -0.25) is 19.6 Å². The third-order valence-electron chi connectivity index (χ3n) is 3.92. The summed E-state index contributed by atoms with van der Waals surface area (Å²) in [6.07, 6.45) is -0.945. The van der Waals surface area contributed by atoms with Gasteiger partial charge in [0, 0.05) is 13.1 Å². The van der Waals surface area contributed by atoms with E-state index in [1.165, 1.54) is 13.0 Å². The highest BCUT2D eigenvalue weighted by Crippen LogP contribution is 2.40. The number of esters is 2. The van der Waals surface area contributed by atoms with E-state index in [0.717, 1.165) is 0 Å². The molecule has 1 saturated heterocycles. The van der Waals surface area contributed by atoms with Crippen molar-refractivity contribution in [3.05, 3.63) is 17.8 Å². The second kappa shape index (κ2) is 6.14. The number of carbonyl (C=O) groups is 2.